The van der Waals surface area contributed by atoms with Crippen molar-refractivity contribution in [2.75, 3.05) is 11.9 Å². The van der Waals surface area contributed by atoms with Crippen molar-refractivity contribution in [2.24, 2.45) is 0 Å². The van der Waals surface area contributed by atoms with Crippen LogP contribution in [0.25, 0.3) is 6.08 Å². The van der Waals surface area contributed by atoms with E-state index in [9.17, 15) is 10.1 Å². The van der Waals surface area contributed by atoms with E-state index in [-0.39, 0.29) is 12.5 Å². The summed E-state index contributed by atoms with van der Waals surface area (Å²) in [5, 5.41) is 9.73. The van der Waals surface area contributed by atoms with Crippen LogP contribution in [0.4, 0.5) is 5.69 Å². The van der Waals surface area contributed by atoms with Crippen LogP contribution in [0.1, 0.15) is 16.7 Å². The van der Waals surface area contributed by atoms with E-state index in [1.807, 2.05) is 66.7 Å². The van der Waals surface area contributed by atoms with Gasteiger partial charge in [0.25, 0.3) is 5.91 Å². The largest absolute Gasteiger partial charge is 0.488 e. The number of thiocarbonyl (C=S) groups is 1. The molecule has 32 heavy (non-hydrogen) atoms. The molecule has 0 spiro atoms. The van der Waals surface area contributed by atoms with Crippen LogP contribution in [-0.4, -0.2) is 23.0 Å². The molecule has 158 valence electrons. The van der Waals surface area contributed by atoms with E-state index in [0.717, 1.165) is 21.3 Å². The Morgan fingerprint density at radius 1 is 1.09 bits per heavy atom. The van der Waals surface area contributed by atoms with Gasteiger partial charge in [-0.2, -0.15) is 5.26 Å². The molecule has 0 saturated carbocycles. The SMILES string of the molecule is CN1C(=S)N(c2ccccc2)C(=O)/C1=C/c1cc(Br)ccc1OCc1ccccc1C#N. The minimum atomic E-state index is -0.204. The molecule has 1 saturated heterocycles. The van der Waals surface area contributed by atoms with Gasteiger partial charge in [-0.05, 0) is 54.7 Å². The van der Waals surface area contributed by atoms with E-state index in [1.54, 1.807) is 24.1 Å². The van der Waals surface area contributed by atoms with Crippen molar-refractivity contribution in [3.63, 3.8) is 0 Å². The Hall–Kier alpha value is -3.47. The van der Waals surface area contributed by atoms with Gasteiger partial charge in [-0.15, -0.1) is 0 Å². The second-order valence-corrected chi connectivity index (χ2v) is 8.37. The maximum atomic E-state index is 13.2. The number of nitrogens with zero attached hydrogens (tertiary/aromatic N) is 3. The number of anilines is 1. The number of para-hydroxylation sites is 1. The molecule has 4 rings (SSSR count). The molecular weight excluding hydrogens is 486 g/mol. The molecule has 0 N–H and O–H groups in total. The zero-order valence-electron chi connectivity index (χ0n) is 17.2. The first kappa shape index (κ1) is 21.8. The molecule has 0 aliphatic carbocycles. The Morgan fingerprint density at radius 2 is 1.81 bits per heavy atom. The third kappa shape index (κ3) is 4.28. The van der Waals surface area contributed by atoms with Crippen molar-refractivity contribution in [3.8, 4) is 11.8 Å². The van der Waals surface area contributed by atoms with Crippen molar-refractivity contribution < 1.29 is 9.53 Å². The minimum Gasteiger partial charge on any atom is -0.488 e. The molecular formula is C25H18BrN3O2S. The van der Waals surface area contributed by atoms with Crippen LogP contribution >= 0.6 is 28.1 Å². The highest BCUT2D eigenvalue weighted by Gasteiger charge is 2.36. The number of hydrogen-bond donors (Lipinski definition) is 0. The molecule has 7 heteroatoms. The Balaban J connectivity index is 1.66. The predicted molar refractivity (Wildman–Crippen MR) is 132 cm³/mol. The Morgan fingerprint density at radius 3 is 2.56 bits per heavy atom. The molecule has 1 fully saturated rings. The Bertz CT molecular complexity index is 1270. The third-order valence-electron chi connectivity index (χ3n) is 5.06. The topological polar surface area (TPSA) is 56.6 Å². The summed E-state index contributed by atoms with van der Waals surface area (Å²) in [5.74, 6) is 0.392. The highest BCUT2D eigenvalue weighted by molar-refractivity contribution is 9.10. The smallest absolute Gasteiger partial charge is 0.281 e. The predicted octanol–water partition coefficient (Wildman–Crippen LogP) is 5.50. The summed E-state index contributed by atoms with van der Waals surface area (Å²) in [5.41, 5.74) is 3.25. The summed E-state index contributed by atoms with van der Waals surface area (Å²) in [4.78, 5) is 16.4. The lowest BCUT2D eigenvalue weighted by Gasteiger charge is -2.16. The number of rotatable bonds is 5. The summed E-state index contributed by atoms with van der Waals surface area (Å²) in [7, 11) is 1.77. The average molecular weight is 504 g/mol. The summed E-state index contributed by atoms with van der Waals surface area (Å²) < 4.78 is 6.90. The van der Waals surface area contributed by atoms with E-state index in [2.05, 4.69) is 22.0 Å². The fourth-order valence-corrected chi connectivity index (χ4v) is 4.05. The standard InChI is InChI=1S/C25H18BrN3O2S/c1-28-22(24(30)29(25(28)32)21-9-3-2-4-10-21)14-19-13-20(26)11-12-23(19)31-16-18-8-6-5-7-17(18)15-27/h2-14H,16H2,1H3/b22-14-. The molecule has 0 atom stereocenters. The van der Waals surface area contributed by atoms with Gasteiger partial charge in [-0.25, -0.2) is 0 Å². The van der Waals surface area contributed by atoms with Crippen LogP contribution in [0.15, 0.2) is 83.0 Å². The zero-order chi connectivity index (χ0) is 22.7. The van der Waals surface area contributed by atoms with Crippen LogP contribution in [-0.2, 0) is 11.4 Å². The van der Waals surface area contributed by atoms with Gasteiger partial charge in [0.1, 0.15) is 18.1 Å². The number of halogens is 1. The van der Waals surface area contributed by atoms with E-state index in [1.165, 1.54) is 4.90 Å². The van der Waals surface area contributed by atoms with Crippen LogP contribution < -0.4 is 9.64 Å². The van der Waals surface area contributed by atoms with Crippen LogP contribution in [0, 0.1) is 11.3 Å². The summed E-state index contributed by atoms with van der Waals surface area (Å²) in [6.45, 7) is 0.236. The zero-order valence-corrected chi connectivity index (χ0v) is 19.6. The van der Waals surface area contributed by atoms with E-state index in [0.29, 0.717) is 22.1 Å². The van der Waals surface area contributed by atoms with Gasteiger partial charge in [0.05, 0.1) is 17.3 Å². The average Bonchev–Trinajstić information content (AvgIpc) is 3.02. The fourth-order valence-electron chi connectivity index (χ4n) is 3.38. The summed E-state index contributed by atoms with van der Waals surface area (Å²) in [6.07, 6.45) is 1.77. The minimum absolute atomic E-state index is 0.204. The first-order chi connectivity index (χ1) is 15.5. The molecule has 3 aromatic carbocycles. The number of carbonyl (C=O) groups excluding carboxylic acids is 1. The van der Waals surface area contributed by atoms with Crippen molar-refractivity contribution in [2.45, 2.75) is 6.61 Å². The van der Waals surface area contributed by atoms with E-state index in [4.69, 9.17) is 17.0 Å². The van der Waals surface area contributed by atoms with Gasteiger partial charge in [-0.1, -0.05) is 52.3 Å². The second-order valence-electron chi connectivity index (χ2n) is 7.09. The maximum absolute atomic E-state index is 13.2. The Labute approximate surface area is 200 Å². The number of ether oxygens (including phenoxy) is 1. The van der Waals surface area contributed by atoms with Gasteiger partial charge < -0.3 is 9.64 Å². The molecule has 3 aromatic rings. The highest BCUT2D eigenvalue weighted by atomic mass is 79.9. The molecule has 1 heterocycles. The monoisotopic (exact) mass is 503 g/mol. The summed E-state index contributed by atoms with van der Waals surface area (Å²) in [6, 6.07) is 24.4. The van der Waals surface area contributed by atoms with Gasteiger partial charge in [0.2, 0.25) is 0 Å². The second kappa shape index (κ2) is 9.35. The molecule has 1 aliphatic rings. The molecule has 0 aromatic heterocycles. The van der Waals surface area contributed by atoms with Crippen molar-refractivity contribution >= 4 is 50.9 Å². The first-order valence-corrected chi connectivity index (χ1v) is 11.0. The fraction of sp³-hybridized carbons (Fsp3) is 0.0800. The van der Waals surface area contributed by atoms with E-state index >= 15 is 0 Å². The van der Waals surface area contributed by atoms with Gasteiger partial charge >= 0.3 is 0 Å². The van der Waals surface area contributed by atoms with Crippen LogP contribution in [0.3, 0.4) is 0 Å². The van der Waals surface area contributed by atoms with E-state index < -0.39 is 0 Å². The molecule has 0 radical (unpaired) electrons. The lowest BCUT2D eigenvalue weighted by Crippen LogP contribution is -2.30. The lowest BCUT2D eigenvalue weighted by atomic mass is 10.1. The number of amides is 1. The normalized spacial score (nSPS) is 14.7. The van der Waals surface area contributed by atoms with Gasteiger partial charge in [0.15, 0.2) is 5.11 Å². The summed E-state index contributed by atoms with van der Waals surface area (Å²) >= 11 is 9.03. The number of nitriles is 1. The molecule has 1 amide bonds. The van der Waals surface area contributed by atoms with Crippen LogP contribution in [0.5, 0.6) is 5.75 Å². The molecule has 0 bridgehead atoms. The first-order valence-electron chi connectivity index (χ1n) is 9.79. The van der Waals surface area contributed by atoms with Gasteiger partial charge in [0, 0.05) is 22.6 Å². The number of benzene rings is 3. The Kier molecular flexibility index (Phi) is 6.35. The number of hydrogen-bond acceptors (Lipinski definition) is 4. The molecule has 5 nitrogen and oxygen atoms in total. The van der Waals surface area contributed by atoms with Crippen molar-refractivity contribution in [3.05, 3.63) is 99.7 Å². The van der Waals surface area contributed by atoms with Crippen LogP contribution in [0.2, 0.25) is 0 Å². The number of carbonyl (C=O) groups is 1. The molecule has 1 aliphatic heterocycles. The third-order valence-corrected chi connectivity index (χ3v) is 6.01. The lowest BCUT2D eigenvalue weighted by molar-refractivity contribution is -0.114. The highest BCUT2D eigenvalue weighted by Crippen LogP contribution is 2.31. The maximum Gasteiger partial charge on any atom is 0.281 e. The van der Waals surface area contributed by atoms with Gasteiger partial charge in [-0.3, -0.25) is 9.69 Å². The van der Waals surface area contributed by atoms with Crippen molar-refractivity contribution in [1.82, 2.24) is 4.90 Å². The molecule has 0 unspecified atom stereocenters. The number of likely N-dealkylation sites (N-methyl/N-ethyl adjacent to an activating group) is 1. The quantitative estimate of drug-likeness (QED) is 0.339. The van der Waals surface area contributed by atoms with Crippen molar-refractivity contribution in [1.29, 1.82) is 5.26 Å².